The van der Waals surface area contributed by atoms with Crippen molar-refractivity contribution in [3.8, 4) is 0 Å². The maximum atomic E-state index is 13.2. The van der Waals surface area contributed by atoms with Crippen LogP contribution in [0.1, 0.15) is 19.5 Å². The maximum absolute atomic E-state index is 13.2. The normalized spacial score (nSPS) is 12.3. The van der Waals surface area contributed by atoms with E-state index in [4.69, 9.17) is 0 Å². The van der Waals surface area contributed by atoms with E-state index in [1.54, 1.807) is 28.8 Å². The number of likely N-dealkylation sites (N-methyl/N-ethyl adjacent to an activating group) is 1. The Morgan fingerprint density at radius 1 is 1.07 bits per heavy atom. The number of aromatic nitrogens is 2. The summed E-state index contributed by atoms with van der Waals surface area (Å²) in [4.78, 5) is 18.7. The summed E-state index contributed by atoms with van der Waals surface area (Å²) in [5.41, 5.74) is 1.09. The van der Waals surface area contributed by atoms with Crippen LogP contribution in [0.2, 0.25) is 0 Å². The average Bonchev–Trinajstić information content (AvgIpc) is 3.10. The maximum Gasteiger partial charge on any atom is 0.265 e. The zero-order valence-corrected chi connectivity index (χ0v) is 16.1. The van der Waals surface area contributed by atoms with Crippen LogP contribution in [0.25, 0.3) is 11.7 Å². The zero-order valence-electron chi connectivity index (χ0n) is 15.2. The summed E-state index contributed by atoms with van der Waals surface area (Å²) < 4.78 is 28.1. The minimum atomic E-state index is -3.98. The Kier molecular flexibility index (Phi) is 5.41. The van der Waals surface area contributed by atoms with E-state index in [1.165, 1.54) is 23.1 Å². The molecule has 0 saturated heterocycles. The smallest absolute Gasteiger partial charge is 0.265 e. The molecule has 6 nitrogen and oxygen atoms in total. The summed E-state index contributed by atoms with van der Waals surface area (Å²) in [5, 5.41) is 0. The number of benzene rings is 1. The monoisotopic (exact) mass is 383 g/mol. The Morgan fingerprint density at radius 2 is 1.74 bits per heavy atom. The summed E-state index contributed by atoms with van der Waals surface area (Å²) in [5.74, 6) is -0.527. The quantitative estimate of drug-likeness (QED) is 0.614. The molecule has 0 atom stereocenters. The van der Waals surface area contributed by atoms with Gasteiger partial charge in [0.15, 0.2) is 0 Å². The van der Waals surface area contributed by atoms with Crippen molar-refractivity contribution in [2.45, 2.75) is 18.7 Å². The lowest BCUT2D eigenvalue weighted by atomic mass is 10.3. The van der Waals surface area contributed by atoms with Gasteiger partial charge in [0.05, 0.1) is 10.6 Å². The number of rotatable bonds is 6. The summed E-state index contributed by atoms with van der Waals surface area (Å²) in [6, 6.07) is 13.5. The second-order valence-electron chi connectivity index (χ2n) is 5.93. The first-order valence-corrected chi connectivity index (χ1v) is 10.2. The number of carbonyl (C=O) groups excluding carboxylic acids is 1. The molecule has 1 aromatic carbocycles. The van der Waals surface area contributed by atoms with Crippen LogP contribution < -0.4 is 0 Å². The van der Waals surface area contributed by atoms with Gasteiger partial charge in [0, 0.05) is 25.5 Å². The van der Waals surface area contributed by atoms with Gasteiger partial charge in [-0.1, -0.05) is 24.3 Å². The molecule has 0 aliphatic heterocycles. The third kappa shape index (κ3) is 3.78. The predicted octanol–water partition coefficient (Wildman–Crippen LogP) is 3.02. The molecule has 0 unspecified atom stereocenters. The fourth-order valence-electron chi connectivity index (χ4n) is 2.81. The van der Waals surface area contributed by atoms with E-state index in [1.807, 2.05) is 38.2 Å². The Labute approximate surface area is 158 Å². The highest BCUT2D eigenvalue weighted by Gasteiger charge is 2.30. The second kappa shape index (κ2) is 7.75. The molecule has 0 bridgehead atoms. The van der Waals surface area contributed by atoms with Crippen molar-refractivity contribution in [2.24, 2.45) is 0 Å². The van der Waals surface area contributed by atoms with Gasteiger partial charge in [-0.3, -0.25) is 4.79 Å². The van der Waals surface area contributed by atoms with E-state index in [0.717, 1.165) is 0 Å². The predicted molar refractivity (Wildman–Crippen MR) is 105 cm³/mol. The van der Waals surface area contributed by atoms with Crippen LogP contribution in [0.15, 0.2) is 70.7 Å². The topological polar surface area (TPSA) is 71.8 Å². The molecule has 3 aromatic rings. The fourth-order valence-corrected chi connectivity index (χ4v) is 4.21. The van der Waals surface area contributed by atoms with Crippen molar-refractivity contribution < 1.29 is 13.2 Å². The molecule has 0 N–H and O–H groups in total. The minimum Gasteiger partial charge on any atom is -0.339 e. The number of carbonyl (C=O) groups is 1. The Morgan fingerprint density at radius 3 is 2.37 bits per heavy atom. The van der Waals surface area contributed by atoms with Crippen LogP contribution in [-0.2, 0) is 14.6 Å². The van der Waals surface area contributed by atoms with E-state index in [2.05, 4.69) is 4.98 Å². The van der Waals surface area contributed by atoms with Gasteiger partial charge >= 0.3 is 0 Å². The molecule has 7 heteroatoms. The third-order valence-electron chi connectivity index (χ3n) is 4.27. The fraction of sp³-hybridized carbons (Fsp3) is 0.200. The third-order valence-corrected chi connectivity index (χ3v) is 6.03. The molecule has 3 rings (SSSR count). The Balaban J connectivity index is 2.16. The van der Waals surface area contributed by atoms with Crippen LogP contribution in [-0.4, -0.2) is 41.7 Å². The molecule has 0 fully saturated rings. The summed E-state index contributed by atoms with van der Waals surface area (Å²) in [6.45, 7) is 4.47. The lowest BCUT2D eigenvalue weighted by molar-refractivity contribution is -0.125. The average molecular weight is 383 g/mol. The van der Waals surface area contributed by atoms with E-state index < -0.39 is 15.7 Å². The van der Waals surface area contributed by atoms with Gasteiger partial charge in [-0.2, -0.15) is 0 Å². The standard InChI is InChI=1S/C20H21N3O3S/c1-3-22(4-2)20(24)18(27(25,26)17-10-6-5-7-11-17)14-16-15-23-13-9-8-12-19(23)21-16/h5-15H,3-4H2,1-2H3/b18-14+. The first-order valence-electron chi connectivity index (χ1n) is 8.72. The van der Waals surface area contributed by atoms with Crippen LogP contribution in [0, 0.1) is 0 Å². The molecule has 27 heavy (non-hydrogen) atoms. The largest absolute Gasteiger partial charge is 0.339 e. The molecular formula is C20H21N3O3S. The van der Waals surface area contributed by atoms with E-state index in [9.17, 15) is 13.2 Å². The van der Waals surface area contributed by atoms with Crippen molar-refractivity contribution >= 4 is 27.5 Å². The van der Waals surface area contributed by atoms with Gasteiger partial charge in [-0.25, -0.2) is 13.4 Å². The molecule has 0 aliphatic carbocycles. The lowest BCUT2D eigenvalue weighted by Crippen LogP contribution is -2.34. The van der Waals surface area contributed by atoms with Crippen LogP contribution >= 0.6 is 0 Å². The number of hydrogen-bond donors (Lipinski definition) is 0. The van der Waals surface area contributed by atoms with Crippen molar-refractivity contribution in [2.75, 3.05) is 13.1 Å². The van der Waals surface area contributed by atoms with Gasteiger partial charge in [0.2, 0.25) is 9.84 Å². The highest BCUT2D eigenvalue weighted by molar-refractivity contribution is 7.96. The molecule has 2 heterocycles. The number of nitrogens with zero attached hydrogens (tertiary/aromatic N) is 3. The second-order valence-corrected chi connectivity index (χ2v) is 7.85. The highest BCUT2D eigenvalue weighted by atomic mass is 32.2. The van der Waals surface area contributed by atoms with Gasteiger partial charge in [0.1, 0.15) is 10.6 Å². The van der Waals surface area contributed by atoms with Crippen LogP contribution in [0.5, 0.6) is 0 Å². The first kappa shape index (κ1) is 18.8. The molecule has 0 spiro atoms. The van der Waals surface area contributed by atoms with E-state index in [0.29, 0.717) is 24.4 Å². The van der Waals surface area contributed by atoms with Gasteiger partial charge in [-0.05, 0) is 44.2 Å². The molecular weight excluding hydrogens is 362 g/mol. The number of imidazole rings is 1. The van der Waals surface area contributed by atoms with Gasteiger partial charge in [-0.15, -0.1) is 0 Å². The number of hydrogen-bond acceptors (Lipinski definition) is 4. The molecule has 1 amide bonds. The highest BCUT2D eigenvalue weighted by Crippen LogP contribution is 2.23. The molecule has 2 aromatic heterocycles. The van der Waals surface area contributed by atoms with E-state index in [-0.39, 0.29) is 9.80 Å². The lowest BCUT2D eigenvalue weighted by Gasteiger charge is -2.20. The first-order chi connectivity index (χ1) is 13.0. The molecule has 0 aliphatic rings. The van der Waals surface area contributed by atoms with Crippen LogP contribution in [0.3, 0.4) is 0 Å². The SMILES string of the molecule is CCN(CC)C(=O)/C(=C\c1cn2ccccc2n1)S(=O)(=O)c1ccccc1. The molecule has 0 saturated carbocycles. The van der Waals surface area contributed by atoms with Crippen molar-refractivity contribution in [1.82, 2.24) is 14.3 Å². The van der Waals surface area contributed by atoms with Crippen molar-refractivity contribution in [3.05, 3.63) is 71.5 Å². The number of fused-ring (bicyclic) bond motifs is 1. The Bertz CT molecular complexity index is 1050. The summed E-state index contributed by atoms with van der Waals surface area (Å²) >= 11 is 0. The van der Waals surface area contributed by atoms with Crippen LogP contribution in [0.4, 0.5) is 0 Å². The van der Waals surface area contributed by atoms with E-state index >= 15 is 0 Å². The van der Waals surface area contributed by atoms with Crippen molar-refractivity contribution in [1.29, 1.82) is 0 Å². The molecule has 140 valence electrons. The zero-order chi connectivity index (χ0) is 19.4. The Hall–Kier alpha value is -2.93. The van der Waals surface area contributed by atoms with Gasteiger partial charge < -0.3 is 9.30 Å². The minimum absolute atomic E-state index is 0.0838. The van der Waals surface area contributed by atoms with Gasteiger partial charge in [0.25, 0.3) is 5.91 Å². The number of sulfone groups is 1. The number of amides is 1. The number of pyridine rings is 1. The molecule has 0 radical (unpaired) electrons. The summed E-state index contributed by atoms with van der Waals surface area (Å²) in [7, 11) is -3.98. The summed E-state index contributed by atoms with van der Waals surface area (Å²) in [6.07, 6.45) is 4.87. The van der Waals surface area contributed by atoms with Crippen molar-refractivity contribution in [3.63, 3.8) is 0 Å².